The number of aromatic nitrogens is 2. The summed E-state index contributed by atoms with van der Waals surface area (Å²) in [5.41, 5.74) is 4.72. The zero-order valence-electron chi connectivity index (χ0n) is 9.33. The van der Waals surface area contributed by atoms with Gasteiger partial charge in [0.05, 0.1) is 11.2 Å². The Morgan fingerprint density at radius 1 is 1.40 bits per heavy atom. The summed E-state index contributed by atoms with van der Waals surface area (Å²) in [5, 5.41) is 4.56. The van der Waals surface area contributed by atoms with Crippen LogP contribution in [0.3, 0.4) is 0 Å². The molecule has 0 spiro atoms. The maximum atomic E-state index is 4.56. The molecular weight excluding hydrogens is 184 g/mol. The topological polar surface area (TPSA) is 17.3 Å². The van der Waals surface area contributed by atoms with Gasteiger partial charge in [0.15, 0.2) is 0 Å². The molecule has 78 valence electrons. The summed E-state index contributed by atoms with van der Waals surface area (Å²) < 4.78 is 1.94. The van der Waals surface area contributed by atoms with E-state index in [1.165, 1.54) is 16.7 Å². The van der Waals surface area contributed by atoms with Gasteiger partial charge >= 0.3 is 0 Å². The summed E-state index contributed by atoms with van der Waals surface area (Å²) in [6.45, 7) is 8.39. The van der Waals surface area contributed by atoms with Crippen LogP contribution in [0.1, 0.15) is 31.5 Å². The molecule has 0 atom stereocenters. The highest BCUT2D eigenvalue weighted by Crippen LogP contribution is 2.25. The number of nitrogens with zero attached hydrogens (tertiary/aromatic N) is 2. The zero-order chi connectivity index (χ0) is 10.8. The number of hydrogen-bond donors (Lipinski definition) is 0. The van der Waals surface area contributed by atoms with Gasteiger partial charge in [-0.3, -0.25) is 0 Å². The van der Waals surface area contributed by atoms with Gasteiger partial charge in [0.2, 0.25) is 0 Å². The summed E-state index contributed by atoms with van der Waals surface area (Å²) in [6.07, 6.45) is 3.92. The highest BCUT2D eigenvalue weighted by atomic mass is 15.2. The highest BCUT2D eigenvalue weighted by molar-refractivity contribution is 5.78. The van der Waals surface area contributed by atoms with E-state index in [0.717, 1.165) is 18.5 Å². The Labute approximate surface area is 90.2 Å². The largest absolute Gasteiger partial charge is 0.240 e. The molecule has 2 heterocycles. The Kier molecular flexibility index (Phi) is 2.58. The van der Waals surface area contributed by atoms with Crippen LogP contribution < -0.4 is 0 Å². The average Bonchev–Trinajstić information content (AvgIpc) is 2.66. The van der Waals surface area contributed by atoms with Gasteiger partial charge in [-0.2, -0.15) is 5.10 Å². The van der Waals surface area contributed by atoms with Crippen molar-refractivity contribution in [2.45, 2.75) is 26.7 Å². The van der Waals surface area contributed by atoms with Crippen molar-refractivity contribution in [2.75, 3.05) is 0 Å². The second kappa shape index (κ2) is 3.89. The van der Waals surface area contributed by atoms with Crippen LogP contribution in [0.5, 0.6) is 0 Å². The number of rotatable bonds is 3. The third kappa shape index (κ3) is 1.56. The molecule has 2 nitrogen and oxygen atoms in total. The van der Waals surface area contributed by atoms with Crippen molar-refractivity contribution in [3.63, 3.8) is 0 Å². The molecule has 0 fully saturated rings. The first-order valence-electron chi connectivity index (χ1n) is 5.42. The molecule has 2 aromatic rings. The predicted molar refractivity (Wildman–Crippen MR) is 63.9 cm³/mol. The summed E-state index contributed by atoms with van der Waals surface area (Å²) in [7, 11) is 0. The van der Waals surface area contributed by atoms with Crippen LogP contribution in [0.25, 0.3) is 11.1 Å². The van der Waals surface area contributed by atoms with Gasteiger partial charge in [-0.05, 0) is 30.5 Å². The molecule has 0 aromatic carbocycles. The fourth-order valence-electron chi connectivity index (χ4n) is 1.86. The van der Waals surface area contributed by atoms with E-state index < -0.39 is 0 Å². The summed E-state index contributed by atoms with van der Waals surface area (Å²) >= 11 is 0. The van der Waals surface area contributed by atoms with E-state index >= 15 is 0 Å². The maximum absolute atomic E-state index is 4.56. The quantitative estimate of drug-likeness (QED) is 0.743. The normalized spacial score (nSPS) is 10.8. The van der Waals surface area contributed by atoms with E-state index in [2.05, 4.69) is 31.6 Å². The van der Waals surface area contributed by atoms with Crippen LogP contribution in [0.4, 0.5) is 0 Å². The molecule has 0 amide bonds. The monoisotopic (exact) mass is 200 g/mol. The SMILES string of the molecule is C=C(CC)c1c(CC)nn2ccccc12. The van der Waals surface area contributed by atoms with Gasteiger partial charge in [-0.15, -0.1) is 0 Å². The van der Waals surface area contributed by atoms with Crippen molar-refractivity contribution >= 4 is 11.1 Å². The molecule has 0 bridgehead atoms. The molecule has 0 unspecified atom stereocenters. The van der Waals surface area contributed by atoms with Gasteiger partial charge in [-0.25, -0.2) is 4.52 Å². The van der Waals surface area contributed by atoms with Crippen LogP contribution in [0, 0.1) is 0 Å². The van der Waals surface area contributed by atoms with Crippen LogP contribution in [0.15, 0.2) is 31.0 Å². The average molecular weight is 200 g/mol. The fourth-order valence-corrected chi connectivity index (χ4v) is 1.86. The Bertz CT molecular complexity index is 494. The van der Waals surface area contributed by atoms with E-state index in [1.807, 2.05) is 22.8 Å². The van der Waals surface area contributed by atoms with E-state index in [1.54, 1.807) is 0 Å². The molecular formula is C13H16N2. The first-order valence-corrected chi connectivity index (χ1v) is 5.42. The Hall–Kier alpha value is -1.57. The lowest BCUT2D eigenvalue weighted by molar-refractivity contribution is 0.896. The lowest BCUT2D eigenvalue weighted by atomic mass is 10.0. The smallest absolute Gasteiger partial charge is 0.0739 e. The third-order valence-electron chi connectivity index (χ3n) is 2.73. The number of allylic oxidation sites excluding steroid dienone is 1. The summed E-state index contributed by atoms with van der Waals surface area (Å²) in [4.78, 5) is 0. The molecule has 0 aliphatic rings. The molecule has 0 saturated carbocycles. The van der Waals surface area contributed by atoms with Crippen LogP contribution in [-0.2, 0) is 6.42 Å². The van der Waals surface area contributed by atoms with E-state index in [0.29, 0.717) is 0 Å². The lowest BCUT2D eigenvalue weighted by Gasteiger charge is -2.02. The lowest BCUT2D eigenvalue weighted by Crippen LogP contribution is -1.87. The van der Waals surface area contributed by atoms with Gasteiger partial charge in [0, 0.05) is 11.8 Å². The number of aryl methyl sites for hydroxylation is 1. The maximum Gasteiger partial charge on any atom is 0.0739 e. The molecule has 0 aliphatic heterocycles. The van der Waals surface area contributed by atoms with Crippen molar-refractivity contribution in [1.29, 1.82) is 0 Å². The van der Waals surface area contributed by atoms with Gasteiger partial charge in [-0.1, -0.05) is 26.5 Å². The van der Waals surface area contributed by atoms with Crippen molar-refractivity contribution in [3.05, 3.63) is 42.2 Å². The summed E-state index contributed by atoms with van der Waals surface area (Å²) in [5.74, 6) is 0. The first kappa shape index (κ1) is 9.97. The minimum atomic E-state index is 0.954. The molecule has 2 aromatic heterocycles. The van der Waals surface area contributed by atoms with Crippen LogP contribution >= 0.6 is 0 Å². The van der Waals surface area contributed by atoms with E-state index in [-0.39, 0.29) is 0 Å². The molecule has 2 rings (SSSR count). The van der Waals surface area contributed by atoms with Crippen molar-refractivity contribution in [3.8, 4) is 0 Å². The summed E-state index contributed by atoms with van der Waals surface area (Å²) in [6, 6.07) is 6.14. The van der Waals surface area contributed by atoms with E-state index in [9.17, 15) is 0 Å². The van der Waals surface area contributed by atoms with Gasteiger partial charge in [0.25, 0.3) is 0 Å². The second-order valence-corrected chi connectivity index (χ2v) is 3.66. The fraction of sp³-hybridized carbons (Fsp3) is 0.308. The van der Waals surface area contributed by atoms with Gasteiger partial charge < -0.3 is 0 Å². The van der Waals surface area contributed by atoms with Crippen molar-refractivity contribution in [1.82, 2.24) is 9.61 Å². The van der Waals surface area contributed by atoms with Crippen molar-refractivity contribution in [2.24, 2.45) is 0 Å². The zero-order valence-corrected chi connectivity index (χ0v) is 9.33. The standard InChI is InChI=1S/C13H16N2/c1-4-10(3)13-11(5-2)14-15-9-7-6-8-12(13)15/h6-9H,3-5H2,1-2H3. The van der Waals surface area contributed by atoms with E-state index in [4.69, 9.17) is 0 Å². The minimum Gasteiger partial charge on any atom is -0.240 e. The molecule has 2 heteroatoms. The molecule has 0 saturated heterocycles. The number of hydrogen-bond acceptors (Lipinski definition) is 1. The molecule has 0 N–H and O–H groups in total. The number of pyridine rings is 1. The van der Waals surface area contributed by atoms with Crippen molar-refractivity contribution < 1.29 is 0 Å². The Morgan fingerprint density at radius 2 is 2.20 bits per heavy atom. The Balaban J connectivity index is 2.72. The molecule has 15 heavy (non-hydrogen) atoms. The first-order chi connectivity index (χ1) is 7.27. The molecule has 0 aliphatic carbocycles. The van der Waals surface area contributed by atoms with Gasteiger partial charge in [0.1, 0.15) is 0 Å². The van der Waals surface area contributed by atoms with Crippen LogP contribution in [-0.4, -0.2) is 9.61 Å². The van der Waals surface area contributed by atoms with Crippen LogP contribution in [0.2, 0.25) is 0 Å². The predicted octanol–water partition coefficient (Wildman–Crippen LogP) is 3.32. The number of fused-ring (bicyclic) bond motifs is 1. The third-order valence-corrected chi connectivity index (χ3v) is 2.73. The minimum absolute atomic E-state index is 0.954. The Morgan fingerprint density at radius 3 is 2.87 bits per heavy atom. The second-order valence-electron chi connectivity index (χ2n) is 3.66. The highest BCUT2D eigenvalue weighted by Gasteiger charge is 2.12. The molecule has 0 radical (unpaired) electrons.